The number of nitrogens with zero attached hydrogens (tertiary/aromatic N) is 3. The first kappa shape index (κ1) is 13.0. The standard InChI is InChI=1S/C14H16N4O/c1-15-13-12(6-4-8-17-13)14(19)18(2)10-11-5-3-7-16-9-11/h3-9H,10H2,1-2H3,(H,15,17). The van der Waals surface area contributed by atoms with E-state index in [0.717, 1.165) is 5.56 Å². The van der Waals surface area contributed by atoms with Gasteiger partial charge in [0.05, 0.1) is 5.56 Å². The van der Waals surface area contributed by atoms with Crippen LogP contribution >= 0.6 is 0 Å². The fourth-order valence-corrected chi connectivity index (χ4v) is 1.82. The van der Waals surface area contributed by atoms with Gasteiger partial charge in [-0.25, -0.2) is 4.98 Å². The van der Waals surface area contributed by atoms with Gasteiger partial charge in [0, 0.05) is 39.2 Å². The van der Waals surface area contributed by atoms with Crippen LogP contribution in [0.4, 0.5) is 5.82 Å². The molecule has 2 heterocycles. The van der Waals surface area contributed by atoms with Crippen molar-refractivity contribution < 1.29 is 4.79 Å². The first-order valence-electron chi connectivity index (χ1n) is 5.99. The van der Waals surface area contributed by atoms with Crippen molar-refractivity contribution in [3.63, 3.8) is 0 Å². The molecule has 0 saturated heterocycles. The van der Waals surface area contributed by atoms with Gasteiger partial charge in [0.25, 0.3) is 5.91 Å². The van der Waals surface area contributed by atoms with Crippen LogP contribution in [-0.4, -0.2) is 34.9 Å². The maximum Gasteiger partial charge on any atom is 0.257 e. The molecule has 0 saturated carbocycles. The van der Waals surface area contributed by atoms with Crippen molar-refractivity contribution in [3.8, 4) is 0 Å². The molecule has 2 aromatic rings. The smallest absolute Gasteiger partial charge is 0.257 e. The van der Waals surface area contributed by atoms with Gasteiger partial charge in [-0.05, 0) is 23.8 Å². The molecule has 0 radical (unpaired) electrons. The molecule has 2 rings (SSSR count). The Labute approximate surface area is 112 Å². The Hall–Kier alpha value is -2.43. The Morgan fingerprint density at radius 1 is 1.32 bits per heavy atom. The predicted molar refractivity (Wildman–Crippen MR) is 73.8 cm³/mol. The van der Waals surface area contributed by atoms with Crippen molar-refractivity contribution in [3.05, 3.63) is 54.0 Å². The van der Waals surface area contributed by atoms with E-state index in [-0.39, 0.29) is 5.91 Å². The minimum atomic E-state index is -0.0682. The minimum absolute atomic E-state index is 0.0682. The second-order valence-electron chi connectivity index (χ2n) is 4.17. The lowest BCUT2D eigenvalue weighted by Crippen LogP contribution is -2.27. The highest BCUT2D eigenvalue weighted by molar-refractivity contribution is 5.98. The van der Waals surface area contributed by atoms with E-state index in [1.807, 2.05) is 12.1 Å². The number of nitrogens with one attached hydrogen (secondary N) is 1. The fraction of sp³-hybridized carbons (Fsp3) is 0.214. The van der Waals surface area contributed by atoms with Gasteiger partial charge >= 0.3 is 0 Å². The number of rotatable bonds is 4. The van der Waals surface area contributed by atoms with Gasteiger partial charge in [-0.15, -0.1) is 0 Å². The van der Waals surface area contributed by atoms with Crippen LogP contribution in [0.5, 0.6) is 0 Å². The van der Waals surface area contributed by atoms with Crippen molar-refractivity contribution in [1.82, 2.24) is 14.9 Å². The molecule has 98 valence electrons. The lowest BCUT2D eigenvalue weighted by atomic mass is 10.2. The van der Waals surface area contributed by atoms with Crippen LogP contribution in [0.15, 0.2) is 42.9 Å². The van der Waals surface area contributed by atoms with Crippen LogP contribution in [0.25, 0.3) is 0 Å². The molecule has 0 unspecified atom stereocenters. The van der Waals surface area contributed by atoms with Crippen molar-refractivity contribution >= 4 is 11.7 Å². The molecular weight excluding hydrogens is 240 g/mol. The second kappa shape index (κ2) is 5.95. The lowest BCUT2D eigenvalue weighted by molar-refractivity contribution is 0.0785. The van der Waals surface area contributed by atoms with E-state index >= 15 is 0 Å². The molecule has 5 heteroatoms. The van der Waals surface area contributed by atoms with E-state index in [2.05, 4.69) is 15.3 Å². The molecule has 0 aromatic carbocycles. The molecule has 2 aromatic heterocycles. The first-order valence-corrected chi connectivity index (χ1v) is 5.99. The molecule has 0 bridgehead atoms. The van der Waals surface area contributed by atoms with E-state index in [1.165, 1.54) is 0 Å². The Bertz CT molecular complexity index is 556. The van der Waals surface area contributed by atoms with E-state index in [1.54, 1.807) is 49.7 Å². The predicted octanol–water partition coefficient (Wildman–Crippen LogP) is 1.79. The van der Waals surface area contributed by atoms with Crippen molar-refractivity contribution in [1.29, 1.82) is 0 Å². The third-order valence-electron chi connectivity index (χ3n) is 2.76. The molecular formula is C14H16N4O. The van der Waals surface area contributed by atoms with Crippen molar-refractivity contribution in [2.24, 2.45) is 0 Å². The van der Waals surface area contributed by atoms with Crippen molar-refractivity contribution in [2.45, 2.75) is 6.54 Å². The highest BCUT2D eigenvalue weighted by atomic mass is 16.2. The van der Waals surface area contributed by atoms with Gasteiger partial charge in [-0.2, -0.15) is 0 Å². The summed E-state index contributed by atoms with van der Waals surface area (Å²) in [5, 5.41) is 2.92. The fourth-order valence-electron chi connectivity index (χ4n) is 1.82. The monoisotopic (exact) mass is 256 g/mol. The molecule has 0 atom stereocenters. The lowest BCUT2D eigenvalue weighted by Gasteiger charge is -2.18. The highest BCUT2D eigenvalue weighted by Gasteiger charge is 2.16. The first-order chi connectivity index (χ1) is 9.22. The maximum absolute atomic E-state index is 12.4. The molecule has 1 N–H and O–H groups in total. The summed E-state index contributed by atoms with van der Waals surface area (Å²) in [4.78, 5) is 22.2. The van der Waals surface area contributed by atoms with E-state index in [9.17, 15) is 4.79 Å². The summed E-state index contributed by atoms with van der Waals surface area (Å²) in [5.74, 6) is 0.520. The molecule has 5 nitrogen and oxygen atoms in total. The largest absolute Gasteiger partial charge is 0.372 e. The minimum Gasteiger partial charge on any atom is -0.372 e. The summed E-state index contributed by atoms with van der Waals surface area (Å²) >= 11 is 0. The number of amides is 1. The Morgan fingerprint density at radius 3 is 2.79 bits per heavy atom. The third kappa shape index (κ3) is 3.07. The number of pyridine rings is 2. The van der Waals surface area contributed by atoms with Crippen LogP contribution in [0, 0.1) is 0 Å². The van der Waals surface area contributed by atoms with Gasteiger partial charge in [0.1, 0.15) is 5.82 Å². The summed E-state index contributed by atoms with van der Waals surface area (Å²) in [7, 11) is 3.52. The molecule has 1 amide bonds. The average Bonchev–Trinajstić information content (AvgIpc) is 2.47. The number of aromatic nitrogens is 2. The number of hydrogen-bond acceptors (Lipinski definition) is 4. The maximum atomic E-state index is 12.4. The second-order valence-corrected chi connectivity index (χ2v) is 4.17. The van der Waals surface area contributed by atoms with E-state index in [0.29, 0.717) is 17.9 Å². The molecule has 0 aliphatic carbocycles. The zero-order valence-electron chi connectivity index (χ0n) is 11.0. The summed E-state index contributed by atoms with van der Waals surface area (Å²) < 4.78 is 0. The Morgan fingerprint density at radius 2 is 2.11 bits per heavy atom. The van der Waals surface area contributed by atoms with Gasteiger partial charge < -0.3 is 10.2 Å². The van der Waals surface area contributed by atoms with Crippen LogP contribution in [0.1, 0.15) is 15.9 Å². The summed E-state index contributed by atoms with van der Waals surface area (Å²) in [5.41, 5.74) is 1.56. The molecule has 19 heavy (non-hydrogen) atoms. The Kier molecular flexibility index (Phi) is 4.07. The number of carbonyl (C=O) groups excluding carboxylic acids is 1. The van der Waals surface area contributed by atoms with Crippen LogP contribution in [-0.2, 0) is 6.54 Å². The number of anilines is 1. The van der Waals surface area contributed by atoms with Crippen LogP contribution in [0.2, 0.25) is 0 Å². The SMILES string of the molecule is CNc1ncccc1C(=O)N(C)Cc1cccnc1. The molecule has 0 aliphatic rings. The van der Waals surface area contributed by atoms with Crippen molar-refractivity contribution in [2.75, 3.05) is 19.4 Å². The third-order valence-corrected chi connectivity index (χ3v) is 2.76. The number of carbonyl (C=O) groups is 1. The van der Waals surface area contributed by atoms with Gasteiger partial charge in [0.2, 0.25) is 0 Å². The van der Waals surface area contributed by atoms with E-state index in [4.69, 9.17) is 0 Å². The zero-order valence-corrected chi connectivity index (χ0v) is 11.0. The van der Waals surface area contributed by atoms with Gasteiger partial charge in [-0.3, -0.25) is 9.78 Å². The van der Waals surface area contributed by atoms with E-state index < -0.39 is 0 Å². The normalized spacial score (nSPS) is 10.0. The molecule has 0 spiro atoms. The average molecular weight is 256 g/mol. The Balaban J connectivity index is 2.15. The molecule has 0 fully saturated rings. The van der Waals surface area contributed by atoms with Crippen LogP contribution < -0.4 is 5.32 Å². The van der Waals surface area contributed by atoms with Gasteiger partial charge in [-0.1, -0.05) is 6.07 Å². The summed E-state index contributed by atoms with van der Waals surface area (Å²) in [6.45, 7) is 0.519. The molecule has 0 aliphatic heterocycles. The quantitative estimate of drug-likeness (QED) is 0.906. The number of hydrogen-bond donors (Lipinski definition) is 1. The summed E-state index contributed by atoms with van der Waals surface area (Å²) in [6, 6.07) is 7.32. The van der Waals surface area contributed by atoms with Crippen LogP contribution in [0.3, 0.4) is 0 Å². The van der Waals surface area contributed by atoms with Gasteiger partial charge in [0.15, 0.2) is 0 Å². The summed E-state index contributed by atoms with van der Waals surface area (Å²) in [6.07, 6.45) is 5.13. The highest BCUT2D eigenvalue weighted by Crippen LogP contribution is 2.14. The zero-order chi connectivity index (χ0) is 13.7. The topological polar surface area (TPSA) is 58.1 Å².